The molecule has 0 saturated heterocycles. The minimum Gasteiger partial charge on any atom is -0.282 e. The second-order valence-corrected chi connectivity index (χ2v) is 6.48. The Balaban J connectivity index is 2.59. The van der Waals surface area contributed by atoms with Crippen molar-refractivity contribution in [1.82, 2.24) is 0 Å². The van der Waals surface area contributed by atoms with Gasteiger partial charge in [0.1, 0.15) is 0 Å². The summed E-state index contributed by atoms with van der Waals surface area (Å²) in [7, 11) is -4.36. The monoisotopic (exact) mass is 321 g/mol. The van der Waals surface area contributed by atoms with E-state index in [4.69, 9.17) is 0 Å². The van der Waals surface area contributed by atoms with Gasteiger partial charge in [-0.2, -0.15) is 8.42 Å². The van der Waals surface area contributed by atoms with Gasteiger partial charge in [-0.3, -0.25) is 14.7 Å². The maximum Gasteiger partial charge on any atom is 0.294 e. The van der Waals surface area contributed by atoms with Crippen LogP contribution in [0.5, 0.6) is 0 Å². The Hall–Kier alpha value is -2.25. The molecule has 0 radical (unpaired) electrons. The zero-order chi connectivity index (χ0) is 16.5. The second kappa shape index (κ2) is 5.86. The Kier molecular flexibility index (Phi) is 4.30. The molecule has 116 valence electrons. The number of nitro benzene ring substituents is 1. The first-order valence-corrected chi connectivity index (χ1v) is 7.96. The van der Waals surface area contributed by atoms with Crippen molar-refractivity contribution in [2.75, 3.05) is 0 Å². The quantitative estimate of drug-likeness (QED) is 0.529. The molecule has 1 unspecified atom stereocenters. The predicted molar refractivity (Wildman–Crippen MR) is 81.6 cm³/mol. The summed E-state index contributed by atoms with van der Waals surface area (Å²) < 4.78 is 32.4. The Morgan fingerprint density at radius 1 is 1.18 bits per heavy atom. The average molecular weight is 321 g/mol. The number of aryl methyl sites for hydroxylation is 1. The van der Waals surface area contributed by atoms with Crippen LogP contribution in [-0.2, 0) is 10.1 Å². The fourth-order valence-electron chi connectivity index (χ4n) is 2.33. The minimum atomic E-state index is -4.36. The van der Waals surface area contributed by atoms with Crippen LogP contribution in [-0.4, -0.2) is 17.9 Å². The molecule has 6 nitrogen and oxygen atoms in total. The first kappa shape index (κ1) is 16.1. The number of hydrogen-bond acceptors (Lipinski definition) is 4. The molecule has 0 bridgehead atoms. The summed E-state index contributed by atoms with van der Waals surface area (Å²) in [5, 5.41) is 10.9. The highest BCUT2D eigenvalue weighted by Gasteiger charge is 2.21. The van der Waals surface area contributed by atoms with E-state index in [9.17, 15) is 23.1 Å². The van der Waals surface area contributed by atoms with E-state index in [1.807, 2.05) is 0 Å². The summed E-state index contributed by atoms with van der Waals surface area (Å²) in [6, 6.07) is 10.6. The van der Waals surface area contributed by atoms with E-state index in [0.717, 1.165) is 5.56 Å². The molecule has 0 fully saturated rings. The maximum absolute atomic E-state index is 11.5. The molecule has 1 atom stereocenters. The van der Waals surface area contributed by atoms with Gasteiger partial charge in [0, 0.05) is 18.1 Å². The van der Waals surface area contributed by atoms with Gasteiger partial charge >= 0.3 is 0 Å². The summed E-state index contributed by atoms with van der Waals surface area (Å²) in [6.45, 7) is 3.54. The number of nitrogens with zero attached hydrogens (tertiary/aromatic N) is 1. The molecule has 0 heterocycles. The molecule has 0 aliphatic rings. The van der Waals surface area contributed by atoms with Gasteiger partial charge in [-0.05, 0) is 24.1 Å². The topological polar surface area (TPSA) is 97.5 Å². The zero-order valence-corrected chi connectivity index (χ0v) is 12.9. The van der Waals surface area contributed by atoms with Crippen molar-refractivity contribution in [1.29, 1.82) is 0 Å². The summed E-state index contributed by atoms with van der Waals surface area (Å²) in [6.07, 6.45) is 0. The van der Waals surface area contributed by atoms with Gasteiger partial charge in [-0.15, -0.1) is 0 Å². The second-order valence-electron chi connectivity index (χ2n) is 5.09. The smallest absolute Gasteiger partial charge is 0.282 e. The lowest BCUT2D eigenvalue weighted by Crippen LogP contribution is -2.07. The van der Waals surface area contributed by atoms with Gasteiger partial charge in [0.05, 0.1) is 9.82 Å². The Morgan fingerprint density at radius 2 is 1.86 bits per heavy atom. The van der Waals surface area contributed by atoms with Crippen molar-refractivity contribution in [3.8, 4) is 0 Å². The highest BCUT2D eigenvalue weighted by atomic mass is 32.2. The van der Waals surface area contributed by atoms with Crippen molar-refractivity contribution in [3.05, 3.63) is 69.3 Å². The minimum absolute atomic E-state index is 0.0644. The molecular formula is C15H15NO5S. The summed E-state index contributed by atoms with van der Waals surface area (Å²) in [5.41, 5.74) is 1.78. The molecule has 0 spiro atoms. The molecule has 0 amide bonds. The molecule has 1 N–H and O–H groups in total. The van der Waals surface area contributed by atoms with Gasteiger partial charge in [0.15, 0.2) is 0 Å². The van der Waals surface area contributed by atoms with E-state index in [2.05, 4.69) is 0 Å². The third-order valence-corrected chi connectivity index (χ3v) is 4.42. The Bertz CT molecular complexity index is 830. The lowest BCUT2D eigenvalue weighted by Gasteiger charge is -2.16. The molecule has 0 saturated carbocycles. The molecule has 0 aromatic heterocycles. The van der Waals surface area contributed by atoms with E-state index in [1.54, 1.807) is 38.1 Å². The van der Waals surface area contributed by atoms with Crippen LogP contribution in [0.15, 0.2) is 47.4 Å². The fourth-order valence-corrected chi connectivity index (χ4v) is 3.10. The predicted octanol–water partition coefficient (Wildman–Crippen LogP) is 3.30. The third-order valence-electron chi connectivity index (χ3n) is 3.49. The molecular weight excluding hydrogens is 306 g/mol. The van der Waals surface area contributed by atoms with Crippen LogP contribution in [0, 0.1) is 17.0 Å². The summed E-state index contributed by atoms with van der Waals surface area (Å²) in [4.78, 5) is 10.2. The Labute approximate surface area is 128 Å². The fraction of sp³-hybridized carbons (Fsp3) is 0.200. The van der Waals surface area contributed by atoms with Gasteiger partial charge in [-0.1, -0.05) is 36.8 Å². The van der Waals surface area contributed by atoms with Gasteiger partial charge in [-0.25, -0.2) is 0 Å². The first-order valence-electron chi connectivity index (χ1n) is 6.52. The number of benzene rings is 2. The van der Waals surface area contributed by atoms with Crippen LogP contribution >= 0.6 is 0 Å². The van der Waals surface area contributed by atoms with Gasteiger partial charge in [0.25, 0.3) is 15.8 Å². The van der Waals surface area contributed by atoms with Crippen LogP contribution < -0.4 is 0 Å². The van der Waals surface area contributed by atoms with Crippen molar-refractivity contribution in [2.45, 2.75) is 24.7 Å². The molecule has 0 aliphatic carbocycles. The van der Waals surface area contributed by atoms with Crippen LogP contribution in [0.3, 0.4) is 0 Å². The number of non-ortho nitro benzene ring substituents is 1. The van der Waals surface area contributed by atoms with Crippen molar-refractivity contribution < 1.29 is 17.9 Å². The number of hydrogen-bond donors (Lipinski definition) is 1. The van der Waals surface area contributed by atoms with Gasteiger partial charge < -0.3 is 0 Å². The largest absolute Gasteiger partial charge is 0.294 e. The molecule has 2 aromatic carbocycles. The maximum atomic E-state index is 11.5. The van der Waals surface area contributed by atoms with E-state index in [0.29, 0.717) is 11.1 Å². The molecule has 2 aromatic rings. The van der Waals surface area contributed by atoms with Crippen LogP contribution in [0.1, 0.15) is 29.5 Å². The van der Waals surface area contributed by atoms with E-state index >= 15 is 0 Å². The molecule has 7 heteroatoms. The van der Waals surface area contributed by atoms with E-state index in [1.165, 1.54) is 18.2 Å². The SMILES string of the molecule is Cc1ccc(S(=O)(=O)O)c(C(C)c2cccc([N+](=O)[O-])c2)c1. The highest BCUT2D eigenvalue weighted by Crippen LogP contribution is 2.31. The van der Waals surface area contributed by atoms with Crippen LogP contribution in [0.25, 0.3) is 0 Å². The average Bonchev–Trinajstić information content (AvgIpc) is 2.45. The summed E-state index contributed by atoms with van der Waals surface area (Å²) in [5.74, 6) is -0.420. The van der Waals surface area contributed by atoms with Crippen LogP contribution in [0.4, 0.5) is 5.69 Å². The molecule has 2 rings (SSSR count). The lowest BCUT2D eigenvalue weighted by molar-refractivity contribution is -0.384. The zero-order valence-electron chi connectivity index (χ0n) is 12.1. The molecule has 22 heavy (non-hydrogen) atoms. The van der Waals surface area contributed by atoms with Crippen molar-refractivity contribution >= 4 is 15.8 Å². The lowest BCUT2D eigenvalue weighted by atomic mass is 9.92. The van der Waals surface area contributed by atoms with Crippen molar-refractivity contribution in [3.63, 3.8) is 0 Å². The highest BCUT2D eigenvalue weighted by molar-refractivity contribution is 7.85. The molecule has 0 aliphatic heterocycles. The van der Waals surface area contributed by atoms with E-state index in [-0.39, 0.29) is 10.6 Å². The van der Waals surface area contributed by atoms with Crippen molar-refractivity contribution in [2.24, 2.45) is 0 Å². The third kappa shape index (κ3) is 3.32. The standard InChI is InChI=1S/C15H15NO5S/c1-10-6-7-15(22(19,20)21)14(8-10)11(2)12-4-3-5-13(9-12)16(17)18/h3-9,11H,1-2H3,(H,19,20,21). The first-order chi connectivity index (χ1) is 10.2. The summed E-state index contributed by atoms with van der Waals surface area (Å²) >= 11 is 0. The van der Waals surface area contributed by atoms with Crippen LogP contribution in [0.2, 0.25) is 0 Å². The van der Waals surface area contributed by atoms with Gasteiger partial charge in [0.2, 0.25) is 0 Å². The number of rotatable bonds is 4. The van der Waals surface area contributed by atoms with E-state index < -0.39 is 21.0 Å². The number of nitro groups is 1. The Morgan fingerprint density at radius 3 is 2.45 bits per heavy atom. The normalized spacial score (nSPS) is 12.9.